The molecule has 8 heteroatoms. The smallest absolute Gasteiger partial charge is 0.230 e. The second-order valence-corrected chi connectivity index (χ2v) is 8.72. The van der Waals surface area contributed by atoms with Gasteiger partial charge in [0.2, 0.25) is 5.91 Å². The lowest BCUT2D eigenvalue weighted by molar-refractivity contribution is -0.119. The predicted molar refractivity (Wildman–Crippen MR) is 124 cm³/mol. The highest BCUT2D eigenvalue weighted by Gasteiger charge is 2.19. The molecule has 0 radical (unpaired) electrons. The van der Waals surface area contributed by atoms with Crippen LogP contribution in [-0.2, 0) is 17.9 Å². The van der Waals surface area contributed by atoms with E-state index >= 15 is 0 Å². The van der Waals surface area contributed by atoms with E-state index in [9.17, 15) is 4.79 Å². The molecule has 3 aromatic rings. The van der Waals surface area contributed by atoms with Crippen LogP contribution in [0.1, 0.15) is 37.1 Å². The molecule has 2 aromatic carbocycles. The number of aromatic nitrogens is 3. The molecule has 7 nitrogen and oxygen atoms in total. The molecule has 32 heavy (non-hydrogen) atoms. The molecule has 0 spiro atoms. The Morgan fingerprint density at radius 2 is 1.88 bits per heavy atom. The number of methoxy groups -OCH3 is 1. The highest BCUT2D eigenvalue weighted by molar-refractivity contribution is 7.99. The Bertz CT molecular complexity index is 1020. The van der Waals surface area contributed by atoms with Gasteiger partial charge >= 0.3 is 0 Å². The summed E-state index contributed by atoms with van der Waals surface area (Å²) in [6, 6.07) is 17.9. The SMILES string of the molecule is COc1cccc(OCc2nnc(SCC(=O)NC3CCCC3)n2Cc2ccccc2)c1. The molecule has 168 valence electrons. The largest absolute Gasteiger partial charge is 0.497 e. The van der Waals surface area contributed by atoms with Gasteiger partial charge < -0.3 is 14.8 Å². The highest BCUT2D eigenvalue weighted by atomic mass is 32.2. The summed E-state index contributed by atoms with van der Waals surface area (Å²) in [6.45, 7) is 0.874. The molecule has 1 saturated carbocycles. The zero-order chi connectivity index (χ0) is 22.2. The summed E-state index contributed by atoms with van der Waals surface area (Å²) in [7, 11) is 1.63. The van der Waals surface area contributed by atoms with Crippen LogP contribution in [0, 0.1) is 0 Å². The summed E-state index contributed by atoms with van der Waals surface area (Å²) < 4.78 is 13.2. The molecule has 1 fully saturated rings. The number of amides is 1. The number of hydrogen-bond donors (Lipinski definition) is 1. The maximum Gasteiger partial charge on any atom is 0.230 e. The highest BCUT2D eigenvalue weighted by Crippen LogP contribution is 2.23. The van der Waals surface area contributed by atoms with Gasteiger partial charge in [-0.25, -0.2) is 0 Å². The van der Waals surface area contributed by atoms with Gasteiger partial charge in [0.1, 0.15) is 18.1 Å². The van der Waals surface area contributed by atoms with Crippen molar-refractivity contribution in [3.8, 4) is 11.5 Å². The van der Waals surface area contributed by atoms with Gasteiger partial charge in [-0.2, -0.15) is 0 Å². The fourth-order valence-electron chi connectivity index (χ4n) is 3.77. The molecular weight excluding hydrogens is 424 g/mol. The lowest BCUT2D eigenvalue weighted by Gasteiger charge is -2.13. The number of nitrogens with zero attached hydrogens (tertiary/aromatic N) is 3. The fourth-order valence-corrected chi connectivity index (χ4v) is 4.53. The second kappa shape index (κ2) is 11.0. The number of carbonyl (C=O) groups is 1. The summed E-state index contributed by atoms with van der Waals surface area (Å²) in [4.78, 5) is 12.4. The van der Waals surface area contributed by atoms with E-state index in [-0.39, 0.29) is 12.5 Å². The fraction of sp³-hybridized carbons (Fsp3) is 0.375. The third kappa shape index (κ3) is 6.03. The van der Waals surface area contributed by atoms with E-state index in [0.717, 1.165) is 24.2 Å². The first kappa shape index (κ1) is 22.2. The molecule has 4 rings (SSSR count). The number of carbonyl (C=O) groups excluding carboxylic acids is 1. The number of hydrogen-bond acceptors (Lipinski definition) is 6. The number of thioether (sulfide) groups is 1. The molecule has 1 aromatic heterocycles. The molecule has 0 saturated heterocycles. The first-order chi connectivity index (χ1) is 15.7. The van der Waals surface area contributed by atoms with Crippen LogP contribution in [0.25, 0.3) is 0 Å². The molecule has 0 atom stereocenters. The molecule has 1 amide bonds. The minimum Gasteiger partial charge on any atom is -0.497 e. The van der Waals surface area contributed by atoms with Crippen LogP contribution in [0.5, 0.6) is 11.5 Å². The normalized spacial score (nSPS) is 13.8. The van der Waals surface area contributed by atoms with Gasteiger partial charge in [0.15, 0.2) is 11.0 Å². The minimum absolute atomic E-state index is 0.0466. The maximum absolute atomic E-state index is 12.4. The van der Waals surface area contributed by atoms with Crippen molar-refractivity contribution in [3.63, 3.8) is 0 Å². The van der Waals surface area contributed by atoms with Gasteiger partial charge in [-0.3, -0.25) is 9.36 Å². The van der Waals surface area contributed by atoms with E-state index in [1.165, 1.54) is 24.6 Å². The number of benzene rings is 2. The molecule has 1 aliphatic rings. The van der Waals surface area contributed by atoms with Crippen LogP contribution in [0.2, 0.25) is 0 Å². The molecular formula is C24H28N4O3S. The van der Waals surface area contributed by atoms with Crippen molar-refractivity contribution < 1.29 is 14.3 Å². The van der Waals surface area contributed by atoms with E-state index in [0.29, 0.717) is 35.1 Å². The first-order valence-electron chi connectivity index (χ1n) is 10.9. The van der Waals surface area contributed by atoms with Crippen LogP contribution >= 0.6 is 11.8 Å². The van der Waals surface area contributed by atoms with Crippen molar-refractivity contribution in [1.82, 2.24) is 20.1 Å². The third-order valence-electron chi connectivity index (χ3n) is 5.44. The Balaban J connectivity index is 1.45. The molecule has 0 unspecified atom stereocenters. The molecule has 1 heterocycles. The topological polar surface area (TPSA) is 78.3 Å². The standard InChI is InChI=1S/C24H28N4O3S/c1-30-20-12-7-13-21(14-20)31-16-22-26-27-24(28(22)15-18-8-3-2-4-9-18)32-17-23(29)25-19-10-5-6-11-19/h2-4,7-9,12-14,19H,5-6,10-11,15-17H2,1H3,(H,25,29). The van der Waals surface area contributed by atoms with Crippen LogP contribution in [-0.4, -0.2) is 39.6 Å². The summed E-state index contributed by atoms with van der Waals surface area (Å²) in [5.41, 5.74) is 1.13. The second-order valence-electron chi connectivity index (χ2n) is 7.78. The first-order valence-corrected chi connectivity index (χ1v) is 11.8. The zero-order valence-corrected chi connectivity index (χ0v) is 19.0. The van der Waals surface area contributed by atoms with Gasteiger partial charge in [-0.15, -0.1) is 10.2 Å². The Labute approximate surface area is 192 Å². The Kier molecular flexibility index (Phi) is 7.66. The molecule has 1 aliphatic carbocycles. The van der Waals surface area contributed by atoms with Gasteiger partial charge in [0, 0.05) is 12.1 Å². The molecule has 1 N–H and O–H groups in total. The average molecular weight is 453 g/mol. The van der Waals surface area contributed by atoms with E-state index in [4.69, 9.17) is 9.47 Å². The number of ether oxygens (including phenoxy) is 2. The van der Waals surface area contributed by atoms with Crippen LogP contribution in [0.4, 0.5) is 0 Å². The van der Waals surface area contributed by atoms with Crippen molar-refractivity contribution >= 4 is 17.7 Å². The monoisotopic (exact) mass is 452 g/mol. The van der Waals surface area contributed by atoms with Crippen molar-refractivity contribution in [2.24, 2.45) is 0 Å². The molecule has 0 aliphatic heterocycles. The quantitative estimate of drug-likeness (QED) is 0.467. The van der Waals surface area contributed by atoms with Crippen LogP contribution < -0.4 is 14.8 Å². The van der Waals surface area contributed by atoms with Crippen molar-refractivity contribution in [2.45, 2.75) is 50.0 Å². The van der Waals surface area contributed by atoms with E-state index in [1.807, 2.05) is 47.0 Å². The van der Waals surface area contributed by atoms with Crippen molar-refractivity contribution in [1.29, 1.82) is 0 Å². The minimum atomic E-state index is 0.0466. The Morgan fingerprint density at radius 3 is 2.66 bits per heavy atom. The maximum atomic E-state index is 12.4. The van der Waals surface area contributed by atoms with Crippen molar-refractivity contribution in [3.05, 3.63) is 66.0 Å². The predicted octanol–water partition coefficient (Wildman–Crippen LogP) is 4.06. The molecule has 0 bridgehead atoms. The summed E-state index contributed by atoms with van der Waals surface area (Å²) >= 11 is 1.41. The number of rotatable bonds is 10. The van der Waals surface area contributed by atoms with Gasteiger partial charge in [-0.05, 0) is 30.5 Å². The van der Waals surface area contributed by atoms with Gasteiger partial charge in [0.05, 0.1) is 19.4 Å². The lowest BCUT2D eigenvalue weighted by atomic mass is 10.2. The van der Waals surface area contributed by atoms with E-state index in [1.54, 1.807) is 7.11 Å². The summed E-state index contributed by atoms with van der Waals surface area (Å²) in [5.74, 6) is 2.50. The van der Waals surface area contributed by atoms with Crippen LogP contribution in [0.3, 0.4) is 0 Å². The third-order valence-corrected chi connectivity index (χ3v) is 6.41. The van der Waals surface area contributed by atoms with Crippen LogP contribution in [0.15, 0.2) is 59.8 Å². The van der Waals surface area contributed by atoms with Gasteiger partial charge in [-0.1, -0.05) is 61.0 Å². The number of nitrogens with one attached hydrogen (secondary N) is 1. The Morgan fingerprint density at radius 1 is 1.09 bits per heavy atom. The zero-order valence-electron chi connectivity index (χ0n) is 18.2. The van der Waals surface area contributed by atoms with E-state index in [2.05, 4.69) is 27.6 Å². The van der Waals surface area contributed by atoms with Crippen molar-refractivity contribution in [2.75, 3.05) is 12.9 Å². The lowest BCUT2D eigenvalue weighted by Crippen LogP contribution is -2.33. The average Bonchev–Trinajstić information content (AvgIpc) is 3.47. The van der Waals surface area contributed by atoms with E-state index < -0.39 is 0 Å². The van der Waals surface area contributed by atoms with Gasteiger partial charge in [0.25, 0.3) is 0 Å². The Hall–Kier alpha value is -3.00. The summed E-state index contributed by atoms with van der Waals surface area (Å²) in [6.07, 6.45) is 4.54. The summed E-state index contributed by atoms with van der Waals surface area (Å²) in [5, 5.41) is 12.5.